The van der Waals surface area contributed by atoms with Crippen molar-refractivity contribution in [3.63, 3.8) is 0 Å². The molecule has 2 aromatic carbocycles. The Hall–Kier alpha value is -3.43. The minimum Gasteiger partial charge on any atom is -0.397 e. The van der Waals surface area contributed by atoms with Crippen molar-refractivity contribution in [1.29, 1.82) is 0 Å². The first-order valence-electron chi connectivity index (χ1n) is 9.93. The predicted octanol–water partition coefficient (Wildman–Crippen LogP) is 5.82. The summed E-state index contributed by atoms with van der Waals surface area (Å²) in [6, 6.07) is 12.6. The zero-order chi connectivity index (χ0) is 23.9. The van der Waals surface area contributed by atoms with Gasteiger partial charge in [-0.15, -0.1) is 11.3 Å². The Balaban J connectivity index is 1.72. The van der Waals surface area contributed by atoms with Crippen molar-refractivity contribution in [1.82, 2.24) is 4.98 Å². The molecule has 0 saturated carbocycles. The van der Waals surface area contributed by atoms with Gasteiger partial charge in [0.05, 0.1) is 10.6 Å². The van der Waals surface area contributed by atoms with Crippen molar-refractivity contribution in [3.8, 4) is 0 Å². The van der Waals surface area contributed by atoms with Gasteiger partial charge in [0.2, 0.25) is 5.78 Å². The highest BCUT2D eigenvalue weighted by molar-refractivity contribution is 9.10. The number of nitro groups is 1. The van der Waals surface area contributed by atoms with Gasteiger partial charge in [0.15, 0.2) is 5.78 Å². The molecule has 0 aliphatic carbocycles. The van der Waals surface area contributed by atoms with E-state index in [0.717, 1.165) is 15.6 Å². The molecule has 0 bridgehead atoms. The fourth-order valence-corrected chi connectivity index (χ4v) is 5.14. The van der Waals surface area contributed by atoms with Crippen molar-refractivity contribution in [2.75, 3.05) is 5.73 Å². The van der Waals surface area contributed by atoms with Crippen molar-refractivity contribution >= 4 is 60.4 Å². The van der Waals surface area contributed by atoms with Gasteiger partial charge in [0.25, 0.3) is 5.69 Å². The Bertz CT molecular complexity index is 1430. The fourth-order valence-electron chi connectivity index (χ4n) is 3.71. The van der Waals surface area contributed by atoms with Crippen LogP contribution in [0.15, 0.2) is 53.0 Å². The number of anilines is 1. The average Bonchev–Trinajstić information content (AvgIpc) is 3.12. The van der Waals surface area contributed by atoms with Gasteiger partial charge >= 0.3 is 0 Å². The van der Waals surface area contributed by atoms with Crippen LogP contribution in [0.3, 0.4) is 0 Å². The molecule has 33 heavy (non-hydrogen) atoms. The van der Waals surface area contributed by atoms with Crippen molar-refractivity contribution in [3.05, 3.63) is 95.9 Å². The number of non-ortho nitro benzene ring substituents is 1. The number of ketones is 2. The first-order chi connectivity index (χ1) is 15.7. The van der Waals surface area contributed by atoms with Crippen LogP contribution < -0.4 is 5.73 Å². The fraction of sp³-hybridized carbons (Fsp3) is 0.125. The number of thiophene rings is 1. The maximum atomic E-state index is 13.1. The molecule has 7 nitrogen and oxygen atoms in total. The number of aromatic nitrogens is 1. The molecule has 0 amide bonds. The number of nitrogens with two attached hydrogens (primary N) is 1. The smallest absolute Gasteiger partial charge is 0.269 e. The van der Waals surface area contributed by atoms with Gasteiger partial charge in [-0.2, -0.15) is 0 Å². The molecule has 0 unspecified atom stereocenters. The molecule has 0 aliphatic heterocycles. The number of carbonyl (C=O) groups is 2. The number of hydrogen-bond acceptors (Lipinski definition) is 7. The van der Waals surface area contributed by atoms with Gasteiger partial charge in [-0.1, -0.05) is 28.1 Å². The number of aryl methyl sites for hydroxylation is 2. The molecule has 2 aromatic heterocycles. The van der Waals surface area contributed by atoms with Crippen LogP contribution in [0.5, 0.6) is 0 Å². The van der Waals surface area contributed by atoms with E-state index in [-0.39, 0.29) is 23.7 Å². The van der Waals surface area contributed by atoms with Gasteiger partial charge in [0, 0.05) is 45.2 Å². The zero-order valence-corrected chi connectivity index (χ0v) is 20.1. The van der Waals surface area contributed by atoms with Crippen LogP contribution in [0, 0.1) is 24.0 Å². The second-order valence-electron chi connectivity index (χ2n) is 7.57. The van der Waals surface area contributed by atoms with Crippen LogP contribution in [-0.2, 0) is 6.42 Å². The van der Waals surface area contributed by atoms with Gasteiger partial charge < -0.3 is 5.73 Å². The number of nitro benzene ring substituents is 1. The lowest BCUT2D eigenvalue weighted by molar-refractivity contribution is -0.384. The molecule has 0 spiro atoms. The number of nitrogen functional groups attached to an aromatic ring is 1. The summed E-state index contributed by atoms with van der Waals surface area (Å²) in [5.41, 5.74) is 9.82. The molecule has 2 heterocycles. The highest BCUT2D eigenvalue weighted by Crippen LogP contribution is 2.38. The lowest BCUT2D eigenvalue weighted by Crippen LogP contribution is -2.08. The van der Waals surface area contributed by atoms with Gasteiger partial charge in [-0.3, -0.25) is 19.7 Å². The number of Topliss-reactive ketones (excluding diaryl/α,β-unsaturated/α-hetero) is 1. The van der Waals surface area contributed by atoms with Gasteiger partial charge in [-0.25, -0.2) is 4.98 Å². The normalized spacial score (nSPS) is 11.0. The van der Waals surface area contributed by atoms with Crippen molar-refractivity contribution in [2.24, 2.45) is 0 Å². The summed E-state index contributed by atoms with van der Waals surface area (Å²) < 4.78 is 0.894. The van der Waals surface area contributed by atoms with E-state index in [9.17, 15) is 19.7 Å². The molecule has 0 radical (unpaired) electrons. The molecule has 0 fully saturated rings. The lowest BCUT2D eigenvalue weighted by Gasteiger charge is -2.11. The van der Waals surface area contributed by atoms with E-state index in [1.54, 1.807) is 12.1 Å². The van der Waals surface area contributed by atoms with E-state index in [0.29, 0.717) is 37.6 Å². The third-order valence-corrected chi connectivity index (χ3v) is 7.14. The molecule has 4 aromatic rings. The summed E-state index contributed by atoms with van der Waals surface area (Å²) in [4.78, 5) is 41.8. The molecule has 166 valence electrons. The first kappa shape index (κ1) is 22.8. The van der Waals surface area contributed by atoms with Crippen LogP contribution in [0.1, 0.15) is 42.4 Å². The molecular formula is C24H18BrN3O4S. The zero-order valence-electron chi connectivity index (χ0n) is 17.7. The van der Waals surface area contributed by atoms with E-state index in [1.807, 2.05) is 26.0 Å². The molecule has 0 atom stereocenters. The summed E-state index contributed by atoms with van der Waals surface area (Å²) in [6.45, 7) is 3.72. The van der Waals surface area contributed by atoms with Crippen LogP contribution in [0.25, 0.3) is 10.2 Å². The lowest BCUT2D eigenvalue weighted by atomic mass is 9.96. The third-order valence-electron chi connectivity index (χ3n) is 5.51. The van der Waals surface area contributed by atoms with Crippen molar-refractivity contribution in [2.45, 2.75) is 20.3 Å². The SMILES string of the molecule is Cc1nc2sc(C(=O)c3ccc([N+](=O)[O-])cc3)c(N)c2c(C)c1CC(=O)c1ccc(Br)cc1. The first-order valence-corrected chi connectivity index (χ1v) is 11.5. The second kappa shape index (κ2) is 8.84. The minimum absolute atomic E-state index is 0.0363. The highest BCUT2D eigenvalue weighted by Gasteiger charge is 2.23. The van der Waals surface area contributed by atoms with E-state index in [4.69, 9.17) is 5.73 Å². The number of halogens is 1. The van der Waals surface area contributed by atoms with Gasteiger partial charge in [-0.05, 0) is 49.2 Å². The topological polar surface area (TPSA) is 116 Å². The number of pyridine rings is 1. The average molecular weight is 524 g/mol. The quantitative estimate of drug-likeness (QED) is 0.193. The standard InChI is InChI=1S/C24H18BrN3O4S/c1-12-18(11-19(29)14-3-7-16(25)8-4-14)13(2)27-24-20(12)21(26)23(33-24)22(30)15-5-9-17(10-6-15)28(31)32/h3-10H,11,26H2,1-2H3. The molecule has 9 heteroatoms. The Labute approximate surface area is 201 Å². The maximum absolute atomic E-state index is 13.1. The Morgan fingerprint density at radius 1 is 1.06 bits per heavy atom. The molecule has 2 N–H and O–H groups in total. The summed E-state index contributed by atoms with van der Waals surface area (Å²) in [6.07, 6.45) is 0.170. The van der Waals surface area contributed by atoms with Crippen LogP contribution in [0.2, 0.25) is 0 Å². The third kappa shape index (κ3) is 4.29. The number of fused-ring (bicyclic) bond motifs is 1. The Morgan fingerprint density at radius 2 is 1.67 bits per heavy atom. The number of rotatable bonds is 6. The van der Waals surface area contributed by atoms with Crippen LogP contribution in [-0.4, -0.2) is 21.5 Å². The van der Waals surface area contributed by atoms with E-state index in [2.05, 4.69) is 20.9 Å². The van der Waals surface area contributed by atoms with E-state index >= 15 is 0 Å². The number of carbonyl (C=O) groups excluding carboxylic acids is 2. The molecule has 4 rings (SSSR count). The minimum atomic E-state index is -0.519. The summed E-state index contributed by atoms with van der Waals surface area (Å²) in [5, 5.41) is 11.5. The predicted molar refractivity (Wildman–Crippen MR) is 132 cm³/mol. The largest absolute Gasteiger partial charge is 0.397 e. The Morgan fingerprint density at radius 3 is 2.27 bits per heavy atom. The number of hydrogen-bond donors (Lipinski definition) is 1. The molecular weight excluding hydrogens is 506 g/mol. The Kier molecular flexibility index (Phi) is 6.09. The summed E-state index contributed by atoms with van der Waals surface area (Å²) in [5.74, 6) is -0.360. The number of benzene rings is 2. The van der Waals surface area contributed by atoms with Crippen LogP contribution in [0.4, 0.5) is 11.4 Å². The molecule has 0 saturated heterocycles. The van der Waals surface area contributed by atoms with Crippen LogP contribution >= 0.6 is 27.3 Å². The van der Waals surface area contributed by atoms with Gasteiger partial charge in [0.1, 0.15) is 9.71 Å². The van der Waals surface area contributed by atoms with Crippen molar-refractivity contribution < 1.29 is 14.5 Å². The highest BCUT2D eigenvalue weighted by atomic mass is 79.9. The second-order valence-corrected chi connectivity index (χ2v) is 9.48. The maximum Gasteiger partial charge on any atom is 0.269 e. The number of nitrogens with zero attached hydrogens (tertiary/aromatic N) is 2. The van der Waals surface area contributed by atoms with E-state index in [1.165, 1.54) is 35.6 Å². The monoisotopic (exact) mass is 523 g/mol. The molecule has 0 aliphatic rings. The summed E-state index contributed by atoms with van der Waals surface area (Å²) in [7, 11) is 0. The summed E-state index contributed by atoms with van der Waals surface area (Å²) >= 11 is 4.55. The van der Waals surface area contributed by atoms with E-state index < -0.39 is 4.92 Å².